The van der Waals surface area contributed by atoms with E-state index in [9.17, 15) is 4.79 Å². The molecule has 0 fully saturated rings. The van der Waals surface area contributed by atoms with Gasteiger partial charge in [-0.2, -0.15) is 0 Å². The summed E-state index contributed by atoms with van der Waals surface area (Å²) < 4.78 is 19.4. The Bertz CT molecular complexity index is 473. The third-order valence-electron chi connectivity index (χ3n) is 1.95. The van der Waals surface area contributed by atoms with Crippen LogP contribution in [0, 0.1) is 0 Å². The molecule has 0 amide bonds. The zero-order chi connectivity index (χ0) is 14.0. The number of hydrogen-bond acceptors (Lipinski definition) is 7. The van der Waals surface area contributed by atoms with E-state index in [0.717, 1.165) is 0 Å². The van der Waals surface area contributed by atoms with E-state index in [1.54, 1.807) is 48.5 Å². The first-order valence-corrected chi connectivity index (χ1v) is 6.84. The van der Waals surface area contributed by atoms with Crippen molar-refractivity contribution >= 4 is 30.8 Å². The van der Waals surface area contributed by atoms with E-state index in [1.165, 1.54) is 0 Å². The van der Waals surface area contributed by atoms with Gasteiger partial charge in [0, 0.05) is 0 Å². The monoisotopic (exact) mass is 310 g/mol. The van der Waals surface area contributed by atoms with Crippen LogP contribution >= 0.6 is 24.6 Å². The standard InChI is InChI=1S/C13H10O5S2/c14-13(17-19-15-11-7-3-1-4-8-11)18-20-16-12-9-5-2-6-10-12/h1-10H. The average molecular weight is 310 g/mol. The van der Waals surface area contributed by atoms with Crippen LogP contribution in [0.1, 0.15) is 0 Å². The molecule has 7 heteroatoms. The summed E-state index contributed by atoms with van der Waals surface area (Å²) in [5, 5.41) is 0. The summed E-state index contributed by atoms with van der Waals surface area (Å²) in [5.74, 6) is 1.14. The van der Waals surface area contributed by atoms with Crippen LogP contribution in [0.3, 0.4) is 0 Å². The Kier molecular flexibility index (Phi) is 5.94. The molecule has 0 radical (unpaired) electrons. The Morgan fingerprint density at radius 2 is 1.10 bits per heavy atom. The fraction of sp³-hybridized carbons (Fsp3) is 0. The number of rotatable bonds is 6. The summed E-state index contributed by atoms with van der Waals surface area (Å²) in [5.41, 5.74) is 0. The molecular weight excluding hydrogens is 300 g/mol. The van der Waals surface area contributed by atoms with Crippen molar-refractivity contribution < 1.29 is 21.5 Å². The number of benzene rings is 2. The van der Waals surface area contributed by atoms with Crippen LogP contribution in [-0.2, 0) is 8.37 Å². The van der Waals surface area contributed by atoms with Crippen LogP contribution in [0.2, 0.25) is 0 Å². The van der Waals surface area contributed by atoms with Crippen LogP contribution < -0.4 is 8.37 Å². The maximum absolute atomic E-state index is 11.2. The molecule has 20 heavy (non-hydrogen) atoms. The second-order valence-electron chi connectivity index (χ2n) is 3.35. The van der Waals surface area contributed by atoms with Gasteiger partial charge in [0.15, 0.2) is 0 Å². The predicted molar refractivity (Wildman–Crippen MR) is 76.9 cm³/mol. The van der Waals surface area contributed by atoms with Crippen molar-refractivity contribution in [2.45, 2.75) is 0 Å². The molecule has 0 aliphatic rings. The Hall–Kier alpha value is -1.99. The fourth-order valence-corrected chi connectivity index (χ4v) is 1.80. The van der Waals surface area contributed by atoms with Gasteiger partial charge in [-0.1, -0.05) is 36.4 Å². The molecule has 5 nitrogen and oxygen atoms in total. The number of carbonyl (C=O) groups excluding carboxylic acids is 1. The van der Waals surface area contributed by atoms with Crippen LogP contribution in [0.25, 0.3) is 0 Å². The summed E-state index contributed by atoms with van der Waals surface area (Å²) in [6.45, 7) is 0. The Morgan fingerprint density at radius 3 is 1.50 bits per heavy atom. The number of carbonyl (C=O) groups is 1. The first-order valence-electron chi connectivity index (χ1n) is 5.51. The molecule has 2 aromatic carbocycles. The molecule has 0 heterocycles. The summed E-state index contributed by atoms with van der Waals surface area (Å²) >= 11 is 1.03. The van der Waals surface area contributed by atoms with Crippen molar-refractivity contribution in [3.05, 3.63) is 60.7 Å². The minimum atomic E-state index is -0.924. The minimum Gasteiger partial charge on any atom is -0.391 e. The molecular formula is C13H10O5S2. The lowest BCUT2D eigenvalue weighted by atomic mass is 10.3. The van der Waals surface area contributed by atoms with Gasteiger partial charge in [0.25, 0.3) is 24.6 Å². The van der Waals surface area contributed by atoms with Gasteiger partial charge in [0.2, 0.25) is 0 Å². The SMILES string of the molecule is O=C(OSOc1ccccc1)OSOc1ccccc1. The zero-order valence-electron chi connectivity index (χ0n) is 10.1. The lowest BCUT2D eigenvalue weighted by molar-refractivity contribution is 0.164. The van der Waals surface area contributed by atoms with Gasteiger partial charge in [-0.05, 0) is 24.3 Å². The molecule has 0 N–H and O–H groups in total. The van der Waals surface area contributed by atoms with E-state index in [1.807, 2.05) is 12.1 Å². The molecule has 0 aliphatic carbocycles. The van der Waals surface area contributed by atoms with E-state index >= 15 is 0 Å². The average Bonchev–Trinajstić information content (AvgIpc) is 2.49. The highest BCUT2D eigenvalue weighted by Crippen LogP contribution is 2.19. The normalized spacial score (nSPS) is 9.60. The molecule has 104 valence electrons. The highest BCUT2D eigenvalue weighted by atomic mass is 32.2. The Balaban J connectivity index is 1.59. The first-order chi connectivity index (χ1) is 9.84. The third kappa shape index (κ3) is 5.33. The van der Waals surface area contributed by atoms with Gasteiger partial charge in [-0.25, -0.2) is 4.79 Å². The van der Waals surface area contributed by atoms with E-state index in [4.69, 9.17) is 8.37 Å². The van der Waals surface area contributed by atoms with Crippen molar-refractivity contribution in [2.75, 3.05) is 0 Å². The third-order valence-corrected chi connectivity index (χ3v) is 2.88. The lowest BCUT2D eigenvalue weighted by Gasteiger charge is -2.03. The van der Waals surface area contributed by atoms with E-state index in [0.29, 0.717) is 36.1 Å². The largest absolute Gasteiger partial charge is 0.538 e. The maximum atomic E-state index is 11.2. The van der Waals surface area contributed by atoms with Crippen molar-refractivity contribution in [2.24, 2.45) is 0 Å². The van der Waals surface area contributed by atoms with Gasteiger partial charge in [-0.3, -0.25) is 0 Å². The maximum Gasteiger partial charge on any atom is 0.538 e. The second-order valence-corrected chi connectivity index (χ2v) is 4.28. The van der Waals surface area contributed by atoms with Crippen molar-refractivity contribution in [1.82, 2.24) is 0 Å². The summed E-state index contributed by atoms with van der Waals surface area (Å²) in [6, 6.07) is 17.8. The first kappa shape index (κ1) is 14.4. The highest BCUT2D eigenvalue weighted by molar-refractivity contribution is 7.91. The van der Waals surface area contributed by atoms with Crippen LogP contribution in [0.15, 0.2) is 60.7 Å². The lowest BCUT2D eigenvalue weighted by Crippen LogP contribution is -1.99. The van der Waals surface area contributed by atoms with Crippen LogP contribution in [0.5, 0.6) is 11.5 Å². The van der Waals surface area contributed by atoms with Crippen LogP contribution in [-0.4, -0.2) is 6.16 Å². The molecule has 0 saturated heterocycles. The quantitative estimate of drug-likeness (QED) is 0.732. The van der Waals surface area contributed by atoms with Gasteiger partial charge in [0.1, 0.15) is 11.5 Å². The summed E-state index contributed by atoms with van der Waals surface area (Å²) in [6.07, 6.45) is -0.924. The fourth-order valence-electron chi connectivity index (χ4n) is 1.13. The predicted octanol–water partition coefficient (Wildman–Crippen LogP) is 4.42. The molecule has 0 saturated carbocycles. The van der Waals surface area contributed by atoms with Crippen LogP contribution in [0.4, 0.5) is 4.79 Å². The highest BCUT2D eigenvalue weighted by Gasteiger charge is 2.08. The second kappa shape index (κ2) is 8.23. The minimum absolute atomic E-state index is 0.517. The molecule has 0 aliphatic heterocycles. The number of para-hydroxylation sites is 2. The molecule has 0 bridgehead atoms. The van der Waals surface area contributed by atoms with Crippen molar-refractivity contribution in [3.63, 3.8) is 0 Å². The van der Waals surface area contributed by atoms with Crippen molar-refractivity contribution in [3.8, 4) is 11.5 Å². The molecule has 2 rings (SSSR count). The smallest absolute Gasteiger partial charge is 0.391 e. The molecule has 0 spiro atoms. The Labute approximate surface area is 125 Å². The molecule has 0 aromatic heterocycles. The molecule has 2 aromatic rings. The van der Waals surface area contributed by atoms with E-state index < -0.39 is 6.16 Å². The zero-order valence-corrected chi connectivity index (χ0v) is 11.8. The summed E-state index contributed by atoms with van der Waals surface area (Å²) in [4.78, 5) is 11.2. The van der Waals surface area contributed by atoms with Gasteiger partial charge >= 0.3 is 6.16 Å². The Morgan fingerprint density at radius 1 is 0.700 bits per heavy atom. The topological polar surface area (TPSA) is 54.0 Å². The van der Waals surface area contributed by atoms with Crippen molar-refractivity contribution in [1.29, 1.82) is 0 Å². The molecule has 0 unspecified atom stereocenters. The van der Waals surface area contributed by atoms with E-state index in [2.05, 4.69) is 8.37 Å². The van der Waals surface area contributed by atoms with E-state index in [-0.39, 0.29) is 0 Å². The number of hydrogen-bond donors (Lipinski definition) is 0. The van der Waals surface area contributed by atoms with Gasteiger partial charge in [-0.15, -0.1) is 0 Å². The van der Waals surface area contributed by atoms with Gasteiger partial charge in [0.05, 0.1) is 0 Å². The van der Waals surface area contributed by atoms with Gasteiger partial charge < -0.3 is 16.7 Å². The summed E-state index contributed by atoms with van der Waals surface area (Å²) in [7, 11) is 0. The molecule has 0 atom stereocenters.